The van der Waals surface area contributed by atoms with Crippen molar-refractivity contribution in [3.05, 3.63) is 108 Å². The number of nitro groups is 1. The van der Waals surface area contributed by atoms with E-state index in [1.807, 2.05) is 30.3 Å². The predicted molar refractivity (Wildman–Crippen MR) is 135 cm³/mol. The van der Waals surface area contributed by atoms with Crippen molar-refractivity contribution in [1.29, 1.82) is 0 Å². The highest BCUT2D eigenvalue weighted by Crippen LogP contribution is 2.38. The van der Waals surface area contributed by atoms with Crippen LogP contribution < -0.4 is 4.74 Å². The molecule has 0 unspecified atom stereocenters. The molecule has 4 rings (SSSR count). The third-order valence-corrected chi connectivity index (χ3v) is 6.66. The number of non-ortho nitro benzene ring substituents is 1. The molecular weight excluding hydrogens is 544 g/mol. The monoisotopic (exact) mass is 558 g/mol. The molecule has 0 N–H and O–H groups in total. The fourth-order valence-electron chi connectivity index (χ4n) is 3.27. The number of ether oxygens (including phenoxy) is 1. The first kappa shape index (κ1) is 24.0. The molecule has 0 aliphatic carbocycles. The van der Waals surface area contributed by atoms with Crippen LogP contribution in [0.3, 0.4) is 0 Å². The van der Waals surface area contributed by atoms with Crippen molar-refractivity contribution < 1.29 is 19.2 Å². The Morgan fingerprint density at radius 2 is 1.79 bits per heavy atom. The van der Waals surface area contributed by atoms with Crippen LogP contribution in [0.25, 0.3) is 6.08 Å². The molecule has 1 heterocycles. The number of nitro benzene ring substituents is 1. The average Bonchev–Trinajstić information content (AvgIpc) is 3.06. The van der Waals surface area contributed by atoms with Gasteiger partial charge >= 0.3 is 0 Å². The normalized spacial score (nSPS) is 14.6. The Morgan fingerprint density at radius 1 is 1.06 bits per heavy atom. The Kier molecular flexibility index (Phi) is 7.35. The van der Waals surface area contributed by atoms with Crippen molar-refractivity contribution in [1.82, 2.24) is 4.90 Å². The molecule has 0 atom stereocenters. The van der Waals surface area contributed by atoms with Gasteiger partial charge in [0.15, 0.2) is 5.75 Å². The summed E-state index contributed by atoms with van der Waals surface area (Å²) in [5.74, 6) is -0.000369. The van der Waals surface area contributed by atoms with Gasteiger partial charge in [-0.3, -0.25) is 24.6 Å². The van der Waals surface area contributed by atoms with E-state index in [2.05, 4.69) is 15.9 Å². The molecule has 34 heavy (non-hydrogen) atoms. The highest BCUT2D eigenvalue weighted by molar-refractivity contribution is 9.10. The first-order chi connectivity index (χ1) is 16.3. The number of carbonyl (C=O) groups is 2. The number of benzene rings is 3. The SMILES string of the molecule is O=C1S/C(=C/c2cc(Cl)c(OCc3ccccc3)c(Br)c2)C(=O)N1Cc1cccc([N+](=O)[O-])c1. The summed E-state index contributed by atoms with van der Waals surface area (Å²) in [4.78, 5) is 37.1. The van der Waals surface area contributed by atoms with E-state index in [4.69, 9.17) is 16.3 Å². The van der Waals surface area contributed by atoms with Gasteiger partial charge in [0.2, 0.25) is 0 Å². The van der Waals surface area contributed by atoms with E-state index < -0.39 is 16.1 Å². The lowest BCUT2D eigenvalue weighted by molar-refractivity contribution is -0.384. The minimum atomic E-state index is -0.522. The molecule has 0 saturated carbocycles. The summed E-state index contributed by atoms with van der Waals surface area (Å²) in [7, 11) is 0. The molecule has 1 fully saturated rings. The molecule has 0 radical (unpaired) electrons. The molecule has 1 saturated heterocycles. The summed E-state index contributed by atoms with van der Waals surface area (Å²) in [5, 5.41) is 10.9. The van der Waals surface area contributed by atoms with Crippen LogP contribution in [-0.4, -0.2) is 21.0 Å². The fraction of sp³-hybridized carbons (Fsp3) is 0.0833. The molecule has 0 spiro atoms. The number of halogens is 2. The second kappa shape index (κ2) is 10.4. The van der Waals surface area contributed by atoms with Crippen molar-refractivity contribution in [2.75, 3.05) is 0 Å². The zero-order valence-corrected chi connectivity index (χ0v) is 20.6. The first-order valence-electron chi connectivity index (χ1n) is 9.96. The van der Waals surface area contributed by atoms with E-state index in [1.54, 1.807) is 24.3 Å². The number of nitrogens with zero attached hydrogens (tertiary/aromatic N) is 2. The quantitative estimate of drug-likeness (QED) is 0.179. The lowest BCUT2D eigenvalue weighted by atomic mass is 10.1. The van der Waals surface area contributed by atoms with Gasteiger partial charge in [0, 0.05) is 12.1 Å². The van der Waals surface area contributed by atoms with Crippen LogP contribution in [0.2, 0.25) is 5.02 Å². The summed E-state index contributed by atoms with van der Waals surface area (Å²) < 4.78 is 6.45. The molecule has 3 aromatic carbocycles. The number of hydrogen-bond acceptors (Lipinski definition) is 6. The second-order valence-corrected chi connectivity index (χ2v) is 9.54. The Morgan fingerprint density at radius 3 is 2.50 bits per heavy atom. The van der Waals surface area contributed by atoms with Crippen LogP contribution in [0, 0.1) is 10.1 Å². The smallest absolute Gasteiger partial charge is 0.293 e. The summed E-state index contributed by atoms with van der Waals surface area (Å²) in [5.41, 5.74) is 1.99. The van der Waals surface area contributed by atoms with E-state index >= 15 is 0 Å². The third kappa shape index (κ3) is 5.49. The predicted octanol–water partition coefficient (Wildman–Crippen LogP) is 6.83. The van der Waals surface area contributed by atoms with Gasteiger partial charge in [0.05, 0.1) is 25.9 Å². The van der Waals surface area contributed by atoms with Gasteiger partial charge in [-0.05, 0) is 62.6 Å². The highest BCUT2D eigenvalue weighted by Gasteiger charge is 2.35. The third-order valence-electron chi connectivity index (χ3n) is 4.88. The van der Waals surface area contributed by atoms with Gasteiger partial charge in [-0.1, -0.05) is 54.1 Å². The molecular formula is C24H16BrClN2O5S. The van der Waals surface area contributed by atoms with Crippen LogP contribution in [0.1, 0.15) is 16.7 Å². The summed E-state index contributed by atoms with van der Waals surface area (Å²) in [6.07, 6.45) is 1.58. The maximum atomic E-state index is 12.9. The second-order valence-electron chi connectivity index (χ2n) is 7.28. The van der Waals surface area contributed by atoms with Gasteiger partial charge in [-0.2, -0.15) is 0 Å². The molecule has 10 heteroatoms. The highest BCUT2D eigenvalue weighted by atomic mass is 79.9. The number of thioether (sulfide) groups is 1. The van der Waals surface area contributed by atoms with Crippen molar-refractivity contribution in [2.45, 2.75) is 13.2 Å². The molecule has 0 aromatic heterocycles. The fourth-order valence-corrected chi connectivity index (χ4v) is 5.10. The lowest BCUT2D eigenvalue weighted by Gasteiger charge is -2.12. The Balaban J connectivity index is 1.50. The van der Waals surface area contributed by atoms with Gasteiger partial charge < -0.3 is 4.74 Å². The molecule has 172 valence electrons. The lowest BCUT2D eigenvalue weighted by Crippen LogP contribution is -2.27. The van der Waals surface area contributed by atoms with Crippen LogP contribution in [0.15, 0.2) is 76.1 Å². The number of carbonyl (C=O) groups excluding carboxylic acids is 2. The Labute approximate surface area is 212 Å². The average molecular weight is 560 g/mol. The van der Waals surface area contributed by atoms with E-state index in [-0.39, 0.29) is 17.1 Å². The number of hydrogen-bond donors (Lipinski definition) is 0. The van der Waals surface area contributed by atoms with Crippen molar-refractivity contribution in [3.63, 3.8) is 0 Å². The maximum Gasteiger partial charge on any atom is 0.293 e. The molecule has 1 aliphatic heterocycles. The van der Waals surface area contributed by atoms with Crippen molar-refractivity contribution >= 4 is 62.2 Å². The number of amides is 2. The molecule has 3 aromatic rings. The van der Waals surface area contributed by atoms with Crippen LogP contribution in [0.5, 0.6) is 5.75 Å². The zero-order chi connectivity index (χ0) is 24.2. The van der Waals surface area contributed by atoms with Crippen molar-refractivity contribution in [2.24, 2.45) is 0 Å². The minimum Gasteiger partial charge on any atom is -0.486 e. The topological polar surface area (TPSA) is 89.8 Å². The summed E-state index contributed by atoms with van der Waals surface area (Å²) >= 11 is 10.7. The largest absolute Gasteiger partial charge is 0.486 e. The van der Waals surface area contributed by atoms with E-state index in [9.17, 15) is 19.7 Å². The maximum absolute atomic E-state index is 12.9. The van der Waals surface area contributed by atoms with Gasteiger partial charge in [0.1, 0.15) is 6.61 Å². The minimum absolute atomic E-state index is 0.0552. The summed E-state index contributed by atoms with van der Waals surface area (Å²) in [6.45, 7) is 0.287. The first-order valence-corrected chi connectivity index (χ1v) is 11.9. The Hall–Kier alpha value is -3.14. The van der Waals surface area contributed by atoms with Crippen molar-refractivity contribution in [3.8, 4) is 5.75 Å². The van der Waals surface area contributed by atoms with E-state index in [0.717, 1.165) is 22.2 Å². The van der Waals surface area contributed by atoms with Crippen LogP contribution in [-0.2, 0) is 17.9 Å². The van der Waals surface area contributed by atoms with Gasteiger partial charge in [-0.15, -0.1) is 0 Å². The number of rotatable bonds is 7. The number of imide groups is 1. The standard InChI is InChI=1S/C24H16BrClN2O5S/c25-19-10-17(11-20(26)22(19)33-14-15-5-2-1-3-6-15)12-21-23(29)27(24(30)34-21)13-16-7-4-8-18(9-16)28(31)32/h1-12H,13-14H2/b21-12+. The molecule has 1 aliphatic rings. The molecule has 7 nitrogen and oxygen atoms in total. The van der Waals surface area contributed by atoms with Gasteiger partial charge in [0.25, 0.3) is 16.8 Å². The molecule has 2 amide bonds. The van der Waals surface area contributed by atoms with Gasteiger partial charge in [-0.25, -0.2) is 0 Å². The summed E-state index contributed by atoms with van der Waals surface area (Å²) in [6, 6.07) is 18.9. The zero-order valence-electron chi connectivity index (χ0n) is 17.4. The Bertz CT molecular complexity index is 1290. The van der Waals surface area contributed by atoms with Crippen LogP contribution in [0.4, 0.5) is 10.5 Å². The van der Waals surface area contributed by atoms with E-state index in [1.165, 1.54) is 18.2 Å². The van der Waals surface area contributed by atoms with Crippen LogP contribution >= 0.6 is 39.3 Å². The van der Waals surface area contributed by atoms with E-state index in [0.29, 0.717) is 33.0 Å². The molecule has 0 bridgehead atoms.